The zero-order chi connectivity index (χ0) is 12.8. The van der Waals surface area contributed by atoms with E-state index in [1.54, 1.807) is 6.92 Å². The number of ether oxygens (including phenoxy) is 1. The first-order chi connectivity index (χ1) is 8.04. The molecule has 0 aliphatic heterocycles. The number of hydrogen-bond acceptors (Lipinski definition) is 3. The maximum atomic E-state index is 13.2. The number of rotatable bonds is 2. The second-order valence-electron chi connectivity index (χ2n) is 2.97. The van der Waals surface area contributed by atoms with E-state index in [2.05, 4.69) is 16.6 Å². The molecule has 17 heavy (non-hydrogen) atoms. The van der Waals surface area contributed by atoms with E-state index in [1.165, 1.54) is 6.07 Å². The summed E-state index contributed by atoms with van der Waals surface area (Å²) in [5.41, 5.74) is -0.229. The number of carboxylic acids is 1. The van der Waals surface area contributed by atoms with E-state index in [1.807, 2.05) is 0 Å². The molecule has 0 unspecified atom stereocenters. The van der Waals surface area contributed by atoms with E-state index in [9.17, 15) is 14.0 Å². The minimum absolute atomic E-state index is 0.208. The molecule has 0 aliphatic carbocycles. The molecule has 0 aliphatic rings. The molecule has 0 saturated heterocycles. The van der Waals surface area contributed by atoms with Gasteiger partial charge in [-0.25, -0.2) is 14.0 Å². The minimum Gasteiger partial charge on any atom is -0.478 e. The summed E-state index contributed by atoms with van der Waals surface area (Å²) >= 11 is 0. The summed E-state index contributed by atoms with van der Waals surface area (Å²) < 4.78 is 17.8. The van der Waals surface area contributed by atoms with Crippen molar-refractivity contribution in [3.63, 3.8) is 0 Å². The second-order valence-corrected chi connectivity index (χ2v) is 2.97. The van der Waals surface area contributed by atoms with Gasteiger partial charge in [0.2, 0.25) is 0 Å². The lowest BCUT2D eigenvalue weighted by molar-refractivity contribution is -0.136. The van der Waals surface area contributed by atoms with Gasteiger partial charge in [-0.2, -0.15) is 0 Å². The van der Waals surface area contributed by atoms with Gasteiger partial charge in [-0.15, -0.1) is 0 Å². The molecule has 0 fully saturated rings. The van der Waals surface area contributed by atoms with E-state index >= 15 is 0 Å². The standard InChI is InChI=1S/C12H9FO4/c1-2-17-11(14)6-4-8-3-5-9(12(15)16)10(13)7-8/h3,5,7H,2H2,1H3,(H,15,16). The van der Waals surface area contributed by atoms with Crippen LogP contribution in [0.3, 0.4) is 0 Å². The number of aromatic carboxylic acids is 1. The summed E-state index contributed by atoms with van der Waals surface area (Å²) in [5, 5.41) is 8.59. The molecule has 0 aromatic heterocycles. The average molecular weight is 236 g/mol. The Morgan fingerprint density at radius 2 is 2.18 bits per heavy atom. The van der Waals surface area contributed by atoms with E-state index in [-0.39, 0.29) is 12.2 Å². The molecular weight excluding hydrogens is 227 g/mol. The van der Waals surface area contributed by atoms with Crippen LogP contribution >= 0.6 is 0 Å². The first-order valence-corrected chi connectivity index (χ1v) is 4.76. The van der Waals surface area contributed by atoms with Crippen molar-refractivity contribution in [3.05, 3.63) is 35.1 Å². The van der Waals surface area contributed by atoms with Crippen LogP contribution < -0.4 is 0 Å². The first kappa shape index (κ1) is 12.7. The van der Waals surface area contributed by atoms with Crippen LogP contribution in [0.25, 0.3) is 0 Å². The third kappa shape index (κ3) is 3.61. The van der Waals surface area contributed by atoms with Gasteiger partial charge >= 0.3 is 11.9 Å². The van der Waals surface area contributed by atoms with Gasteiger partial charge in [-0.3, -0.25) is 0 Å². The number of hydrogen-bond donors (Lipinski definition) is 1. The Labute approximate surface area is 97.0 Å². The quantitative estimate of drug-likeness (QED) is 0.623. The van der Waals surface area contributed by atoms with Crippen LogP contribution in [-0.4, -0.2) is 23.7 Å². The molecule has 1 N–H and O–H groups in total. The monoisotopic (exact) mass is 236 g/mol. The first-order valence-electron chi connectivity index (χ1n) is 4.76. The molecule has 0 bridgehead atoms. The minimum atomic E-state index is -1.35. The third-order valence-corrected chi connectivity index (χ3v) is 1.78. The predicted octanol–water partition coefficient (Wildman–Crippen LogP) is 1.44. The van der Waals surface area contributed by atoms with Crippen molar-refractivity contribution in [2.75, 3.05) is 6.61 Å². The van der Waals surface area contributed by atoms with Crippen molar-refractivity contribution in [3.8, 4) is 11.8 Å². The van der Waals surface area contributed by atoms with Crippen molar-refractivity contribution in [1.82, 2.24) is 0 Å². The van der Waals surface area contributed by atoms with E-state index in [0.29, 0.717) is 0 Å². The number of carbonyl (C=O) groups is 2. The van der Waals surface area contributed by atoms with Crippen LogP contribution in [0.4, 0.5) is 4.39 Å². The van der Waals surface area contributed by atoms with E-state index < -0.39 is 23.3 Å². The van der Waals surface area contributed by atoms with Gasteiger partial charge in [0, 0.05) is 11.5 Å². The fourth-order valence-electron chi connectivity index (χ4n) is 1.06. The van der Waals surface area contributed by atoms with Crippen LogP contribution in [0.5, 0.6) is 0 Å². The van der Waals surface area contributed by atoms with Crippen LogP contribution in [0.1, 0.15) is 22.8 Å². The molecule has 1 rings (SSSR count). The molecule has 0 spiro atoms. The number of esters is 1. The smallest absolute Gasteiger partial charge is 0.384 e. The Balaban J connectivity index is 2.91. The highest BCUT2D eigenvalue weighted by molar-refractivity contribution is 5.90. The van der Waals surface area contributed by atoms with E-state index in [4.69, 9.17) is 5.11 Å². The van der Waals surface area contributed by atoms with Gasteiger partial charge in [-0.1, -0.05) is 5.92 Å². The predicted molar refractivity (Wildman–Crippen MR) is 56.9 cm³/mol. The Bertz CT molecular complexity index is 511. The molecule has 0 atom stereocenters. The molecule has 4 nitrogen and oxygen atoms in total. The molecule has 88 valence electrons. The summed E-state index contributed by atoms with van der Waals surface area (Å²) in [6.45, 7) is 1.85. The SMILES string of the molecule is CCOC(=O)C#Cc1ccc(C(=O)O)c(F)c1. The van der Waals surface area contributed by atoms with Crippen molar-refractivity contribution >= 4 is 11.9 Å². The number of benzene rings is 1. The van der Waals surface area contributed by atoms with Crippen LogP contribution in [0.15, 0.2) is 18.2 Å². The molecule has 0 heterocycles. The highest BCUT2D eigenvalue weighted by Gasteiger charge is 2.09. The normalized spacial score (nSPS) is 9.06. The number of carbonyl (C=O) groups excluding carboxylic acids is 1. The Morgan fingerprint density at radius 1 is 1.47 bits per heavy atom. The van der Waals surface area contributed by atoms with Gasteiger partial charge in [0.15, 0.2) is 0 Å². The fourth-order valence-corrected chi connectivity index (χ4v) is 1.06. The molecule has 0 amide bonds. The lowest BCUT2D eigenvalue weighted by Gasteiger charge is -1.97. The Kier molecular flexibility index (Phi) is 4.23. The van der Waals surface area contributed by atoms with Crippen molar-refractivity contribution in [2.24, 2.45) is 0 Å². The van der Waals surface area contributed by atoms with Gasteiger partial charge in [0.1, 0.15) is 5.82 Å². The van der Waals surface area contributed by atoms with Gasteiger partial charge in [0.25, 0.3) is 0 Å². The van der Waals surface area contributed by atoms with E-state index in [0.717, 1.165) is 12.1 Å². The molecule has 1 aromatic carbocycles. The molecular formula is C12H9FO4. The summed E-state index contributed by atoms with van der Waals surface area (Å²) in [7, 11) is 0. The van der Waals surface area contributed by atoms with Crippen LogP contribution in [-0.2, 0) is 9.53 Å². The second kappa shape index (κ2) is 5.66. The number of carboxylic acid groups (broad SMARTS) is 1. The Morgan fingerprint density at radius 3 is 2.71 bits per heavy atom. The summed E-state index contributed by atoms with van der Waals surface area (Å²) in [6.07, 6.45) is 0. The zero-order valence-electron chi connectivity index (χ0n) is 8.99. The molecule has 0 saturated carbocycles. The lowest BCUT2D eigenvalue weighted by atomic mass is 10.1. The molecule has 5 heteroatoms. The molecule has 0 radical (unpaired) electrons. The fraction of sp³-hybridized carbons (Fsp3) is 0.167. The van der Waals surface area contributed by atoms with Gasteiger partial charge < -0.3 is 9.84 Å². The van der Waals surface area contributed by atoms with Crippen molar-refractivity contribution in [1.29, 1.82) is 0 Å². The van der Waals surface area contributed by atoms with Crippen molar-refractivity contribution < 1.29 is 23.8 Å². The van der Waals surface area contributed by atoms with Crippen molar-refractivity contribution in [2.45, 2.75) is 6.92 Å². The number of halogens is 1. The maximum absolute atomic E-state index is 13.2. The zero-order valence-corrected chi connectivity index (χ0v) is 8.99. The lowest BCUT2D eigenvalue weighted by Crippen LogP contribution is -2.01. The Hall–Kier alpha value is -2.35. The summed E-state index contributed by atoms with van der Waals surface area (Å²) in [4.78, 5) is 21.4. The maximum Gasteiger partial charge on any atom is 0.384 e. The van der Waals surface area contributed by atoms with Gasteiger partial charge in [-0.05, 0) is 25.1 Å². The topological polar surface area (TPSA) is 63.6 Å². The van der Waals surface area contributed by atoms with Gasteiger partial charge in [0.05, 0.1) is 12.2 Å². The van der Waals surface area contributed by atoms with Crippen LogP contribution in [0.2, 0.25) is 0 Å². The summed E-state index contributed by atoms with van der Waals surface area (Å²) in [6, 6.07) is 3.36. The van der Waals surface area contributed by atoms with Crippen LogP contribution in [0, 0.1) is 17.7 Å². The largest absolute Gasteiger partial charge is 0.478 e. The summed E-state index contributed by atoms with van der Waals surface area (Å²) in [5.74, 6) is 1.57. The highest BCUT2D eigenvalue weighted by atomic mass is 19.1. The highest BCUT2D eigenvalue weighted by Crippen LogP contribution is 2.09. The third-order valence-electron chi connectivity index (χ3n) is 1.78. The molecule has 1 aromatic rings. The average Bonchev–Trinajstić information content (AvgIpc) is 2.26.